The van der Waals surface area contributed by atoms with Gasteiger partial charge in [-0.15, -0.1) is 0 Å². The van der Waals surface area contributed by atoms with E-state index in [2.05, 4.69) is 5.32 Å². The van der Waals surface area contributed by atoms with Crippen LogP contribution in [0.25, 0.3) is 10.9 Å². The molecule has 0 fully saturated rings. The second-order valence-electron chi connectivity index (χ2n) is 6.32. The second-order valence-corrected chi connectivity index (χ2v) is 8.13. The van der Waals surface area contributed by atoms with Gasteiger partial charge in [-0.05, 0) is 55.3 Å². The maximum Gasteiger partial charge on any atom is 0.268 e. The third kappa shape index (κ3) is 2.72. The number of nitrogens with zero attached hydrogens (tertiary/aromatic N) is 1. The Labute approximate surface area is 152 Å². The van der Waals surface area contributed by atoms with Crippen molar-refractivity contribution in [3.8, 4) is 0 Å². The van der Waals surface area contributed by atoms with Gasteiger partial charge < -0.3 is 5.32 Å². The molecule has 0 amide bonds. The number of aromatic nitrogens is 1. The van der Waals surface area contributed by atoms with Gasteiger partial charge >= 0.3 is 0 Å². The Hall–Kier alpha value is -2.39. The topological polar surface area (TPSA) is 51.1 Å². The van der Waals surface area contributed by atoms with Crippen LogP contribution in [0.4, 0.5) is 17.6 Å². The van der Waals surface area contributed by atoms with Gasteiger partial charge in [0.15, 0.2) is 23.3 Å². The molecule has 4 rings (SSSR count). The molecular formula is C18H14F4N2O2S. The minimum absolute atomic E-state index is 0.134. The molecule has 0 bridgehead atoms. The molecule has 2 heterocycles. The lowest BCUT2D eigenvalue weighted by atomic mass is 10.0. The van der Waals surface area contributed by atoms with Crippen LogP contribution < -0.4 is 5.32 Å². The highest BCUT2D eigenvalue weighted by atomic mass is 32.2. The molecule has 0 spiro atoms. The number of benzene rings is 2. The van der Waals surface area contributed by atoms with Crippen LogP contribution in [0.5, 0.6) is 0 Å². The summed E-state index contributed by atoms with van der Waals surface area (Å²) in [6.07, 6.45) is 2.25. The van der Waals surface area contributed by atoms with Gasteiger partial charge in [0, 0.05) is 11.6 Å². The van der Waals surface area contributed by atoms with Gasteiger partial charge in [-0.3, -0.25) is 0 Å². The van der Waals surface area contributed by atoms with Crippen LogP contribution in [0, 0.1) is 23.3 Å². The van der Waals surface area contributed by atoms with Gasteiger partial charge in [0.05, 0.1) is 4.90 Å². The van der Waals surface area contributed by atoms with Crippen LogP contribution in [-0.4, -0.2) is 25.5 Å². The highest BCUT2D eigenvalue weighted by Gasteiger charge is 2.28. The summed E-state index contributed by atoms with van der Waals surface area (Å²) < 4.78 is 81.6. The predicted molar refractivity (Wildman–Crippen MR) is 91.1 cm³/mol. The standard InChI is InChI=1S/C18H14F4N2O2S/c19-14-13-5-8-24(18(13)17(22)16(21)15(14)20)27(25,26)12-2-1-10-3-6-23-7-4-11(10)9-12/h1-2,5,8-9,23H,3-4,6-7H2. The van der Waals surface area contributed by atoms with Gasteiger partial charge in [-0.1, -0.05) is 6.07 Å². The maximum absolute atomic E-state index is 14.2. The summed E-state index contributed by atoms with van der Waals surface area (Å²) in [6, 6.07) is 5.44. The van der Waals surface area contributed by atoms with Gasteiger partial charge in [0.2, 0.25) is 0 Å². The van der Waals surface area contributed by atoms with E-state index in [4.69, 9.17) is 0 Å². The van der Waals surface area contributed by atoms with Crippen LogP contribution in [0.15, 0.2) is 35.4 Å². The van der Waals surface area contributed by atoms with Crippen molar-refractivity contribution in [2.24, 2.45) is 0 Å². The van der Waals surface area contributed by atoms with Crippen molar-refractivity contribution in [2.75, 3.05) is 13.1 Å². The molecule has 1 N–H and O–H groups in total. The number of rotatable bonds is 2. The monoisotopic (exact) mass is 398 g/mol. The third-order valence-corrected chi connectivity index (χ3v) is 6.42. The molecule has 9 heteroatoms. The molecule has 4 nitrogen and oxygen atoms in total. The van der Waals surface area contributed by atoms with Crippen LogP contribution in [-0.2, 0) is 22.9 Å². The summed E-state index contributed by atoms with van der Waals surface area (Å²) in [5.41, 5.74) is 0.978. The first-order valence-corrected chi connectivity index (χ1v) is 9.67. The zero-order valence-electron chi connectivity index (χ0n) is 13.9. The fourth-order valence-electron chi connectivity index (χ4n) is 3.35. The van der Waals surface area contributed by atoms with E-state index in [9.17, 15) is 26.0 Å². The van der Waals surface area contributed by atoms with Gasteiger partial charge in [0.25, 0.3) is 10.0 Å². The summed E-state index contributed by atoms with van der Waals surface area (Å²) in [5, 5.41) is 2.56. The van der Waals surface area contributed by atoms with E-state index in [-0.39, 0.29) is 4.90 Å². The molecule has 1 aliphatic rings. The third-order valence-electron chi connectivity index (χ3n) is 4.75. The lowest BCUT2D eigenvalue weighted by Gasteiger charge is -2.12. The van der Waals surface area contributed by atoms with Gasteiger partial charge in [-0.25, -0.2) is 30.0 Å². The molecule has 27 heavy (non-hydrogen) atoms. The Bertz CT molecular complexity index is 1170. The van der Waals surface area contributed by atoms with Crippen molar-refractivity contribution in [2.45, 2.75) is 17.7 Å². The zero-order valence-corrected chi connectivity index (χ0v) is 14.7. The molecule has 0 atom stereocenters. The fourth-order valence-corrected chi connectivity index (χ4v) is 4.74. The SMILES string of the molecule is O=S(=O)(c1ccc2c(c1)CCNCC2)n1ccc2c(F)c(F)c(F)c(F)c21. The summed E-state index contributed by atoms with van der Waals surface area (Å²) >= 11 is 0. The minimum atomic E-state index is -4.34. The Morgan fingerprint density at radius 2 is 1.52 bits per heavy atom. The number of hydrogen-bond donors (Lipinski definition) is 1. The average molecular weight is 398 g/mol. The summed E-state index contributed by atoms with van der Waals surface area (Å²) in [7, 11) is -4.34. The predicted octanol–water partition coefficient (Wildman–Crippen LogP) is 3.12. The maximum atomic E-state index is 14.2. The number of fused-ring (bicyclic) bond motifs is 2. The average Bonchev–Trinajstić information content (AvgIpc) is 2.98. The summed E-state index contributed by atoms with van der Waals surface area (Å²) in [5.74, 6) is -7.42. The molecule has 142 valence electrons. The van der Waals surface area contributed by atoms with Crippen molar-refractivity contribution in [3.63, 3.8) is 0 Å². The van der Waals surface area contributed by atoms with E-state index in [1.807, 2.05) is 0 Å². The molecule has 0 radical (unpaired) electrons. The number of hydrogen-bond acceptors (Lipinski definition) is 3. The number of halogens is 4. The van der Waals surface area contributed by atoms with E-state index in [1.54, 1.807) is 6.07 Å². The molecule has 0 aliphatic carbocycles. The number of nitrogens with one attached hydrogen (secondary N) is 1. The molecule has 2 aromatic carbocycles. The normalized spacial score (nSPS) is 15.0. The van der Waals surface area contributed by atoms with Crippen LogP contribution in [0.1, 0.15) is 11.1 Å². The molecule has 0 unspecified atom stereocenters. The first kappa shape index (κ1) is 18.0. The van der Waals surface area contributed by atoms with E-state index < -0.39 is 44.2 Å². The van der Waals surface area contributed by atoms with E-state index >= 15 is 0 Å². The van der Waals surface area contributed by atoms with Gasteiger partial charge in [-0.2, -0.15) is 0 Å². The fraction of sp³-hybridized carbons (Fsp3) is 0.222. The van der Waals surface area contributed by atoms with Crippen molar-refractivity contribution in [1.29, 1.82) is 0 Å². The first-order chi connectivity index (χ1) is 12.8. The summed E-state index contributed by atoms with van der Waals surface area (Å²) in [6.45, 7) is 1.46. The Morgan fingerprint density at radius 3 is 2.26 bits per heavy atom. The van der Waals surface area contributed by atoms with E-state index in [1.165, 1.54) is 12.1 Å². The van der Waals surface area contributed by atoms with Crippen molar-refractivity contribution in [3.05, 3.63) is 64.9 Å². The van der Waals surface area contributed by atoms with Crippen LogP contribution in [0.2, 0.25) is 0 Å². The Balaban J connectivity index is 1.92. The van der Waals surface area contributed by atoms with Crippen molar-refractivity contribution < 1.29 is 26.0 Å². The van der Waals surface area contributed by atoms with Crippen molar-refractivity contribution in [1.82, 2.24) is 9.29 Å². The molecule has 0 saturated heterocycles. The Kier molecular flexibility index (Phi) is 4.23. The van der Waals surface area contributed by atoms with Crippen LogP contribution >= 0.6 is 0 Å². The molecule has 0 saturated carbocycles. The van der Waals surface area contributed by atoms with Crippen LogP contribution in [0.3, 0.4) is 0 Å². The zero-order chi connectivity index (χ0) is 19.3. The molecule has 1 aliphatic heterocycles. The quantitative estimate of drug-likeness (QED) is 0.410. The highest BCUT2D eigenvalue weighted by Crippen LogP contribution is 2.31. The van der Waals surface area contributed by atoms with E-state index in [0.717, 1.165) is 36.4 Å². The molecule has 1 aromatic heterocycles. The highest BCUT2D eigenvalue weighted by molar-refractivity contribution is 7.90. The minimum Gasteiger partial charge on any atom is -0.316 e. The second kappa shape index (κ2) is 6.35. The molecular weight excluding hydrogens is 384 g/mol. The first-order valence-electron chi connectivity index (χ1n) is 8.23. The summed E-state index contributed by atoms with van der Waals surface area (Å²) in [4.78, 5) is -0.134. The largest absolute Gasteiger partial charge is 0.316 e. The molecule has 3 aromatic rings. The lowest BCUT2D eigenvalue weighted by Crippen LogP contribution is -2.16. The smallest absolute Gasteiger partial charge is 0.268 e. The Morgan fingerprint density at radius 1 is 0.852 bits per heavy atom. The van der Waals surface area contributed by atoms with Crippen molar-refractivity contribution >= 4 is 20.9 Å². The van der Waals surface area contributed by atoms with E-state index in [0.29, 0.717) is 16.9 Å². The van der Waals surface area contributed by atoms with Gasteiger partial charge in [0.1, 0.15) is 5.52 Å². The lowest BCUT2D eigenvalue weighted by molar-refractivity contribution is 0.417.